The second-order valence-corrected chi connectivity index (χ2v) is 6.18. The first-order valence-corrected chi connectivity index (χ1v) is 8.01. The van der Waals surface area contributed by atoms with Crippen LogP contribution in [0.1, 0.15) is 29.1 Å². The molecule has 2 heterocycles. The molecular formula is C15H19N3OS. The highest BCUT2D eigenvalue weighted by molar-refractivity contribution is 7.20. The Labute approximate surface area is 122 Å². The van der Waals surface area contributed by atoms with Crippen LogP contribution in [0, 0.1) is 0 Å². The molecule has 5 heteroatoms. The molecule has 1 aromatic carbocycles. The summed E-state index contributed by atoms with van der Waals surface area (Å²) in [6.45, 7) is 3.97. The summed E-state index contributed by atoms with van der Waals surface area (Å²) >= 11 is 1.45. The molecule has 1 N–H and O–H groups in total. The number of rotatable bonds is 4. The minimum Gasteiger partial charge on any atom is -0.349 e. The zero-order valence-electron chi connectivity index (χ0n) is 11.5. The van der Waals surface area contributed by atoms with E-state index in [4.69, 9.17) is 0 Å². The summed E-state index contributed by atoms with van der Waals surface area (Å²) in [5.41, 5.74) is 0.902. The monoisotopic (exact) mass is 289 g/mol. The van der Waals surface area contributed by atoms with Crippen LogP contribution in [0.5, 0.6) is 0 Å². The smallest absolute Gasteiger partial charge is 0.280 e. The Bertz CT molecular complexity index is 557. The molecule has 20 heavy (non-hydrogen) atoms. The third kappa shape index (κ3) is 3.16. The molecular weight excluding hydrogens is 270 g/mol. The lowest BCUT2D eigenvalue weighted by Gasteiger charge is -2.26. The van der Waals surface area contributed by atoms with E-state index in [9.17, 15) is 4.79 Å². The van der Waals surface area contributed by atoms with Crippen molar-refractivity contribution in [2.75, 3.05) is 26.2 Å². The van der Waals surface area contributed by atoms with Crippen LogP contribution in [0.15, 0.2) is 24.3 Å². The van der Waals surface area contributed by atoms with Gasteiger partial charge in [0, 0.05) is 13.1 Å². The second-order valence-electron chi connectivity index (χ2n) is 5.14. The fourth-order valence-electron chi connectivity index (χ4n) is 2.56. The molecule has 0 radical (unpaired) electrons. The molecule has 0 saturated carbocycles. The summed E-state index contributed by atoms with van der Waals surface area (Å²) < 4.78 is 1.06. The highest BCUT2D eigenvalue weighted by atomic mass is 32.1. The fourth-order valence-corrected chi connectivity index (χ4v) is 3.44. The van der Waals surface area contributed by atoms with Gasteiger partial charge in [-0.1, -0.05) is 18.6 Å². The number of benzene rings is 1. The van der Waals surface area contributed by atoms with Gasteiger partial charge in [0.1, 0.15) is 0 Å². The van der Waals surface area contributed by atoms with E-state index in [1.54, 1.807) is 0 Å². The largest absolute Gasteiger partial charge is 0.349 e. The first-order chi connectivity index (χ1) is 9.83. The summed E-state index contributed by atoms with van der Waals surface area (Å²) in [7, 11) is 0. The Kier molecular flexibility index (Phi) is 4.28. The highest BCUT2D eigenvalue weighted by Crippen LogP contribution is 2.21. The number of para-hydroxylation sites is 1. The summed E-state index contributed by atoms with van der Waals surface area (Å²) in [4.78, 5) is 18.9. The SMILES string of the molecule is O=C(NCCN1CCCCC1)c1nc2ccccc2s1. The maximum atomic E-state index is 12.1. The van der Waals surface area contributed by atoms with Crippen molar-refractivity contribution in [3.05, 3.63) is 29.3 Å². The third-order valence-electron chi connectivity index (χ3n) is 3.65. The van der Waals surface area contributed by atoms with Gasteiger partial charge in [0.25, 0.3) is 5.91 Å². The van der Waals surface area contributed by atoms with Gasteiger partial charge in [-0.05, 0) is 38.1 Å². The van der Waals surface area contributed by atoms with Gasteiger partial charge in [-0.3, -0.25) is 4.79 Å². The van der Waals surface area contributed by atoms with E-state index in [0.717, 1.165) is 29.9 Å². The number of carbonyl (C=O) groups excluding carboxylic acids is 1. The van der Waals surface area contributed by atoms with Crippen LogP contribution < -0.4 is 5.32 Å². The second kappa shape index (κ2) is 6.33. The molecule has 0 atom stereocenters. The Morgan fingerprint density at radius 2 is 2.05 bits per heavy atom. The third-order valence-corrected chi connectivity index (χ3v) is 4.69. The van der Waals surface area contributed by atoms with Crippen molar-refractivity contribution < 1.29 is 4.79 Å². The molecule has 3 rings (SSSR count). The normalized spacial score (nSPS) is 16.4. The van der Waals surface area contributed by atoms with Crippen LogP contribution >= 0.6 is 11.3 Å². The van der Waals surface area contributed by atoms with Crippen molar-refractivity contribution >= 4 is 27.5 Å². The predicted molar refractivity (Wildman–Crippen MR) is 82.2 cm³/mol. The van der Waals surface area contributed by atoms with Crippen LogP contribution in [-0.2, 0) is 0 Å². The minimum absolute atomic E-state index is 0.0526. The number of likely N-dealkylation sites (tertiary alicyclic amines) is 1. The topological polar surface area (TPSA) is 45.2 Å². The summed E-state index contributed by atoms with van der Waals surface area (Å²) in [5.74, 6) is -0.0526. The Hall–Kier alpha value is -1.46. The standard InChI is InChI=1S/C15H19N3OS/c19-14(16-8-11-18-9-4-1-5-10-18)15-17-12-6-2-3-7-13(12)20-15/h2-3,6-7H,1,4-5,8-11H2,(H,16,19). The summed E-state index contributed by atoms with van der Waals surface area (Å²) in [6, 6.07) is 7.85. The number of nitrogens with zero attached hydrogens (tertiary/aromatic N) is 2. The van der Waals surface area contributed by atoms with E-state index < -0.39 is 0 Å². The average molecular weight is 289 g/mol. The first kappa shape index (κ1) is 13.5. The van der Waals surface area contributed by atoms with Crippen LogP contribution in [0.25, 0.3) is 10.2 Å². The van der Waals surface area contributed by atoms with E-state index in [1.807, 2.05) is 24.3 Å². The zero-order valence-corrected chi connectivity index (χ0v) is 12.3. The van der Waals surface area contributed by atoms with Gasteiger partial charge in [0.15, 0.2) is 5.01 Å². The van der Waals surface area contributed by atoms with Crippen LogP contribution in [0.2, 0.25) is 0 Å². The number of hydrogen-bond acceptors (Lipinski definition) is 4. The van der Waals surface area contributed by atoms with Crippen LogP contribution in [-0.4, -0.2) is 42.0 Å². The molecule has 106 valence electrons. The molecule has 1 amide bonds. The molecule has 1 saturated heterocycles. The molecule has 1 aliphatic heterocycles. The molecule has 4 nitrogen and oxygen atoms in total. The van der Waals surface area contributed by atoms with Gasteiger partial charge in [0.05, 0.1) is 10.2 Å². The van der Waals surface area contributed by atoms with E-state index in [2.05, 4.69) is 15.2 Å². The molecule has 1 aromatic heterocycles. The molecule has 0 unspecified atom stereocenters. The lowest BCUT2D eigenvalue weighted by atomic mass is 10.1. The highest BCUT2D eigenvalue weighted by Gasteiger charge is 2.13. The van der Waals surface area contributed by atoms with E-state index in [0.29, 0.717) is 11.6 Å². The quantitative estimate of drug-likeness (QED) is 0.940. The molecule has 0 bridgehead atoms. The zero-order chi connectivity index (χ0) is 13.8. The molecule has 1 fully saturated rings. The van der Waals surface area contributed by atoms with Gasteiger partial charge in [0.2, 0.25) is 0 Å². The summed E-state index contributed by atoms with van der Waals surface area (Å²) in [6.07, 6.45) is 3.91. The number of hydrogen-bond donors (Lipinski definition) is 1. The van der Waals surface area contributed by atoms with Crippen molar-refractivity contribution in [2.45, 2.75) is 19.3 Å². The molecule has 1 aliphatic rings. The number of nitrogens with one attached hydrogen (secondary N) is 1. The maximum absolute atomic E-state index is 12.1. The number of amides is 1. The van der Waals surface area contributed by atoms with Gasteiger partial charge >= 0.3 is 0 Å². The van der Waals surface area contributed by atoms with E-state index in [-0.39, 0.29) is 5.91 Å². The molecule has 0 aliphatic carbocycles. The first-order valence-electron chi connectivity index (χ1n) is 7.19. The van der Waals surface area contributed by atoms with Crippen molar-refractivity contribution in [3.63, 3.8) is 0 Å². The Balaban J connectivity index is 1.53. The minimum atomic E-state index is -0.0526. The maximum Gasteiger partial charge on any atom is 0.280 e. The van der Waals surface area contributed by atoms with E-state index in [1.165, 1.54) is 30.6 Å². The van der Waals surface area contributed by atoms with Crippen molar-refractivity contribution in [1.82, 2.24) is 15.2 Å². The lowest BCUT2D eigenvalue weighted by molar-refractivity contribution is 0.0946. The average Bonchev–Trinajstić information content (AvgIpc) is 2.92. The van der Waals surface area contributed by atoms with Crippen molar-refractivity contribution in [1.29, 1.82) is 0 Å². The van der Waals surface area contributed by atoms with Crippen LogP contribution in [0.4, 0.5) is 0 Å². The predicted octanol–water partition coefficient (Wildman–Crippen LogP) is 2.51. The van der Waals surface area contributed by atoms with Crippen molar-refractivity contribution in [3.8, 4) is 0 Å². The number of fused-ring (bicyclic) bond motifs is 1. The van der Waals surface area contributed by atoms with Crippen molar-refractivity contribution in [2.24, 2.45) is 0 Å². The number of carbonyl (C=O) groups is 1. The fraction of sp³-hybridized carbons (Fsp3) is 0.467. The molecule has 2 aromatic rings. The summed E-state index contributed by atoms with van der Waals surface area (Å²) in [5, 5.41) is 3.53. The van der Waals surface area contributed by atoms with Gasteiger partial charge < -0.3 is 10.2 Å². The van der Waals surface area contributed by atoms with Gasteiger partial charge in [-0.15, -0.1) is 11.3 Å². The number of thiazole rings is 1. The van der Waals surface area contributed by atoms with E-state index >= 15 is 0 Å². The van der Waals surface area contributed by atoms with Crippen LogP contribution in [0.3, 0.4) is 0 Å². The number of piperidine rings is 1. The van der Waals surface area contributed by atoms with Gasteiger partial charge in [-0.25, -0.2) is 4.98 Å². The van der Waals surface area contributed by atoms with Gasteiger partial charge in [-0.2, -0.15) is 0 Å². The Morgan fingerprint density at radius 3 is 2.85 bits per heavy atom. The number of aromatic nitrogens is 1. The Morgan fingerprint density at radius 1 is 1.25 bits per heavy atom. The lowest BCUT2D eigenvalue weighted by Crippen LogP contribution is -2.37. The molecule has 0 spiro atoms.